The Morgan fingerprint density at radius 1 is 1.45 bits per heavy atom. The molecule has 1 N–H and O–H groups in total. The summed E-state index contributed by atoms with van der Waals surface area (Å²) in [5.41, 5.74) is 0. The van der Waals surface area contributed by atoms with E-state index in [0.29, 0.717) is 12.2 Å². The number of hydrogen-bond acceptors (Lipinski definition) is 4. The zero-order valence-corrected chi connectivity index (χ0v) is 6.44. The van der Waals surface area contributed by atoms with E-state index in [0.717, 1.165) is 6.42 Å². The summed E-state index contributed by atoms with van der Waals surface area (Å²) in [4.78, 5) is 11.3. The minimum absolute atomic E-state index is 0.460. The molecule has 0 saturated heterocycles. The van der Waals surface area contributed by atoms with Crippen molar-refractivity contribution in [1.29, 1.82) is 0 Å². The van der Waals surface area contributed by atoms with Crippen molar-refractivity contribution in [2.45, 2.75) is 25.9 Å². The molecule has 1 aromatic heterocycles. The molecule has 0 aromatic carbocycles. The average Bonchev–Trinajstić information content (AvgIpc) is 2.07. The fourth-order valence-corrected chi connectivity index (χ4v) is 0.823. The van der Waals surface area contributed by atoms with E-state index >= 15 is 0 Å². The van der Waals surface area contributed by atoms with Crippen LogP contribution < -0.4 is 0 Å². The fraction of sp³-hybridized carbons (Fsp3) is 0.571. The van der Waals surface area contributed by atoms with Gasteiger partial charge in [-0.2, -0.15) is 0 Å². The minimum Gasteiger partial charge on any atom is -0.385 e. The molecule has 0 fully saturated rings. The maximum absolute atomic E-state index is 9.37. The Morgan fingerprint density at radius 3 is 2.64 bits per heavy atom. The zero-order chi connectivity index (χ0) is 8.10. The first-order chi connectivity index (χ1) is 5.34. The third-order valence-electron chi connectivity index (χ3n) is 1.37. The minimum atomic E-state index is -0.539. The molecule has 1 aromatic rings. The van der Waals surface area contributed by atoms with Crippen LogP contribution in [0.5, 0.6) is 0 Å². The van der Waals surface area contributed by atoms with Gasteiger partial charge in [0.15, 0.2) is 5.82 Å². The van der Waals surface area contributed by atoms with Crippen molar-refractivity contribution in [1.82, 2.24) is 15.0 Å². The summed E-state index contributed by atoms with van der Waals surface area (Å²) in [7, 11) is 0. The summed E-state index contributed by atoms with van der Waals surface area (Å²) >= 11 is 0. The quantitative estimate of drug-likeness (QED) is 0.694. The van der Waals surface area contributed by atoms with Crippen molar-refractivity contribution >= 4 is 0 Å². The Hall–Kier alpha value is -1.03. The van der Waals surface area contributed by atoms with Crippen LogP contribution in [0.15, 0.2) is 12.7 Å². The van der Waals surface area contributed by atoms with Crippen LogP contribution in [0.3, 0.4) is 0 Å². The number of aliphatic hydroxyl groups excluding tert-OH is 1. The van der Waals surface area contributed by atoms with Crippen LogP contribution in [0, 0.1) is 0 Å². The molecular formula is C7H11N3O. The number of rotatable bonds is 3. The van der Waals surface area contributed by atoms with E-state index in [9.17, 15) is 5.11 Å². The van der Waals surface area contributed by atoms with E-state index in [1.807, 2.05) is 6.92 Å². The molecule has 4 heteroatoms. The summed E-state index contributed by atoms with van der Waals surface area (Å²) in [6, 6.07) is 0. The fourth-order valence-electron chi connectivity index (χ4n) is 0.823. The molecule has 0 amide bonds. The molecule has 0 aliphatic rings. The predicted octanol–water partition coefficient (Wildman–Crippen LogP) is 0.705. The molecule has 4 nitrogen and oxygen atoms in total. The predicted molar refractivity (Wildman–Crippen MR) is 39.7 cm³/mol. The highest BCUT2D eigenvalue weighted by molar-refractivity contribution is 4.86. The molecule has 11 heavy (non-hydrogen) atoms. The van der Waals surface area contributed by atoms with Crippen molar-refractivity contribution in [3.8, 4) is 0 Å². The van der Waals surface area contributed by atoms with Crippen molar-refractivity contribution in [2.75, 3.05) is 0 Å². The Balaban J connectivity index is 2.61. The molecule has 1 heterocycles. The molecule has 0 spiro atoms. The number of hydrogen-bond donors (Lipinski definition) is 1. The normalized spacial score (nSPS) is 12.9. The highest BCUT2D eigenvalue weighted by Crippen LogP contribution is 2.11. The van der Waals surface area contributed by atoms with Gasteiger partial charge < -0.3 is 5.11 Å². The van der Waals surface area contributed by atoms with E-state index in [1.165, 1.54) is 12.7 Å². The van der Waals surface area contributed by atoms with Crippen LogP contribution in [-0.4, -0.2) is 20.1 Å². The Labute approximate surface area is 65.3 Å². The number of aliphatic hydroxyl groups is 1. The highest BCUT2D eigenvalue weighted by Gasteiger charge is 2.07. The second-order valence-corrected chi connectivity index (χ2v) is 2.30. The lowest BCUT2D eigenvalue weighted by Crippen LogP contribution is -2.02. The first kappa shape index (κ1) is 8.07. The van der Waals surface area contributed by atoms with Gasteiger partial charge in [-0.15, -0.1) is 0 Å². The second-order valence-electron chi connectivity index (χ2n) is 2.30. The van der Waals surface area contributed by atoms with Gasteiger partial charge in [-0.1, -0.05) is 13.3 Å². The van der Waals surface area contributed by atoms with E-state index in [2.05, 4.69) is 15.0 Å². The van der Waals surface area contributed by atoms with Crippen molar-refractivity contribution in [2.24, 2.45) is 0 Å². The van der Waals surface area contributed by atoms with Gasteiger partial charge in [-0.25, -0.2) is 15.0 Å². The smallest absolute Gasteiger partial charge is 0.160 e. The van der Waals surface area contributed by atoms with Crippen molar-refractivity contribution < 1.29 is 5.11 Å². The molecule has 0 aliphatic carbocycles. The van der Waals surface area contributed by atoms with Gasteiger partial charge in [0.1, 0.15) is 18.8 Å². The molecule has 1 rings (SSSR count). The van der Waals surface area contributed by atoms with Crippen LogP contribution >= 0.6 is 0 Å². The van der Waals surface area contributed by atoms with Gasteiger partial charge in [-0.05, 0) is 6.42 Å². The van der Waals surface area contributed by atoms with Crippen LogP contribution in [-0.2, 0) is 0 Å². The second kappa shape index (κ2) is 3.98. The highest BCUT2D eigenvalue weighted by atomic mass is 16.3. The van der Waals surface area contributed by atoms with Crippen LogP contribution in [0.1, 0.15) is 31.7 Å². The van der Waals surface area contributed by atoms with Gasteiger partial charge in [0.2, 0.25) is 0 Å². The third-order valence-corrected chi connectivity index (χ3v) is 1.37. The topological polar surface area (TPSA) is 58.9 Å². The molecule has 60 valence electrons. The van der Waals surface area contributed by atoms with E-state index in [1.54, 1.807) is 0 Å². The van der Waals surface area contributed by atoms with Crippen LogP contribution in [0.2, 0.25) is 0 Å². The van der Waals surface area contributed by atoms with Crippen LogP contribution in [0.4, 0.5) is 0 Å². The van der Waals surface area contributed by atoms with E-state index < -0.39 is 6.10 Å². The maximum Gasteiger partial charge on any atom is 0.160 e. The summed E-state index contributed by atoms with van der Waals surface area (Å²) < 4.78 is 0. The summed E-state index contributed by atoms with van der Waals surface area (Å²) in [6.45, 7) is 2.00. The third kappa shape index (κ3) is 2.23. The maximum atomic E-state index is 9.37. The first-order valence-corrected chi connectivity index (χ1v) is 3.64. The van der Waals surface area contributed by atoms with Gasteiger partial charge in [0.25, 0.3) is 0 Å². The van der Waals surface area contributed by atoms with Gasteiger partial charge in [0.05, 0.1) is 0 Å². The largest absolute Gasteiger partial charge is 0.385 e. The van der Waals surface area contributed by atoms with Gasteiger partial charge in [0, 0.05) is 0 Å². The summed E-state index contributed by atoms with van der Waals surface area (Å²) in [5.74, 6) is 0.460. The van der Waals surface area contributed by atoms with Crippen molar-refractivity contribution in [3.05, 3.63) is 18.5 Å². The summed E-state index contributed by atoms with van der Waals surface area (Å²) in [6.07, 6.45) is 3.86. The summed E-state index contributed by atoms with van der Waals surface area (Å²) in [5, 5.41) is 9.37. The SMILES string of the molecule is CCCC(O)c1ncncn1. The molecule has 0 radical (unpaired) electrons. The Bertz CT molecular complexity index is 202. The zero-order valence-electron chi connectivity index (χ0n) is 6.44. The lowest BCUT2D eigenvalue weighted by molar-refractivity contribution is 0.156. The van der Waals surface area contributed by atoms with E-state index in [-0.39, 0.29) is 0 Å². The number of aromatic nitrogens is 3. The Morgan fingerprint density at radius 2 is 2.09 bits per heavy atom. The molecule has 0 saturated carbocycles. The molecule has 1 unspecified atom stereocenters. The van der Waals surface area contributed by atoms with E-state index in [4.69, 9.17) is 0 Å². The monoisotopic (exact) mass is 153 g/mol. The number of nitrogens with zero attached hydrogens (tertiary/aromatic N) is 3. The molecule has 0 aliphatic heterocycles. The van der Waals surface area contributed by atoms with Gasteiger partial charge in [-0.3, -0.25) is 0 Å². The van der Waals surface area contributed by atoms with Crippen molar-refractivity contribution in [3.63, 3.8) is 0 Å². The standard InChI is InChI=1S/C7H11N3O/c1-2-3-6(11)7-9-4-8-5-10-7/h4-6,11H,2-3H2,1H3. The first-order valence-electron chi connectivity index (χ1n) is 3.64. The van der Waals surface area contributed by atoms with Gasteiger partial charge >= 0.3 is 0 Å². The lowest BCUT2D eigenvalue weighted by Gasteiger charge is -2.04. The lowest BCUT2D eigenvalue weighted by atomic mass is 10.2. The Kier molecular flexibility index (Phi) is 2.92. The average molecular weight is 153 g/mol. The molecule has 1 atom stereocenters. The molecular weight excluding hydrogens is 142 g/mol. The molecule has 0 bridgehead atoms. The van der Waals surface area contributed by atoms with Crippen LogP contribution in [0.25, 0.3) is 0 Å².